The minimum Gasteiger partial charge on any atom is -0.490 e. The van der Waals surface area contributed by atoms with Crippen LogP contribution in [0.2, 0.25) is 0 Å². The second-order valence-corrected chi connectivity index (χ2v) is 10.6. The van der Waals surface area contributed by atoms with Crippen LogP contribution in [0.15, 0.2) is 89.7 Å². The molecule has 2 atom stereocenters. The van der Waals surface area contributed by atoms with E-state index in [0.29, 0.717) is 60.5 Å². The number of hydrogen-bond donors (Lipinski definition) is 4. The van der Waals surface area contributed by atoms with E-state index in [4.69, 9.17) is 23.7 Å². The third-order valence-electron chi connectivity index (χ3n) is 7.15. The van der Waals surface area contributed by atoms with Gasteiger partial charge in [-0.3, -0.25) is 5.43 Å². The van der Waals surface area contributed by atoms with E-state index in [9.17, 15) is 14.7 Å². The lowest BCUT2D eigenvalue weighted by Gasteiger charge is -2.28. The highest BCUT2D eigenvalue weighted by Crippen LogP contribution is 2.36. The molecule has 4 rings (SSSR count). The molecule has 4 N–H and O–H groups in total. The molecule has 0 aliphatic carbocycles. The summed E-state index contributed by atoms with van der Waals surface area (Å²) < 4.78 is 28.7. The number of aliphatic hydroxyl groups excluding tert-OH is 1. The molecule has 0 saturated carbocycles. The molecule has 3 aromatic carbocycles. The maximum atomic E-state index is 12.5. The fourth-order valence-corrected chi connectivity index (χ4v) is 5.04. The van der Waals surface area contributed by atoms with Gasteiger partial charge in [0.25, 0.3) is 0 Å². The third-order valence-corrected chi connectivity index (χ3v) is 7.15. The highest BCUT2D eigenvalue weighted by Gasteiger charge is 2.32. The Kier molecular flexibility index (Phi) is 12.8. The monoisotopic (exact) mass is 658 g/mol. The number of allylic oxidation sites excluding steroid dienone is 2. The predicted molar refractivity (Wildman–Crippen MR) is 181 cm³/mol. The topological polar surface area (TPSA) is 149 Å². The van der Waals surface area contributed by atoms with Crippen LogP contribution in [0, 0.1) is 0 Å². The van der Waals surface area contributed by atoms with Crippen LogP contribution in [-0.2, 0) is 22.6 Å². The average molecular weight is 659 g/mol. The average Bonchev–Trinajstić information content (AvgIpc) is 3.07. The van der Waals surface area contributed by atoms with Crippen molar-refractivity contribution in [3.8, 4) is 23.0 Å². The number of amides is 2. The molecule has 0 saturated heterocycles. The van der Waals surface area contributed by atoms with Crippen LogP contribution in [0.1, 0.15) is 49.1 Å². The molecule has 254 valence electrons. The Hall–Kier alpha value is -5.49. The fraction of sp³-hybridized carbons (Fsp3) is 0.306. The Morgan fingerprint density at radius 1 is 1.02 bits per heavy atom. The van der Waals surface area contributed by atoms with Crippen LogP contribution in [0.25, 0.3) is 0 Å². The zero-order valence-corrected chi connectivity index (χ0v) is 27.6. The van der Waals surface area contributed by atoms with Gasteiger partial charge in [0.05, 0.1) is 38.2 Å². The number of carbonyl (C=O) groups excluding carboxylic acids is 2. The Balaban J connectivity index is 1.44. The maximum Gasteiger partial charge on any atom is 0.337 e. The van der Waals surface area contributed by atoms with Gasteiger partial charge in [-0.2, -0.15) is 5.10 Å². The molecule has 0 unspecified atom stereocenters. The largest absolute Gasteiger partial charge is 0.490 e. The van der Waals surface area contributed by atoms with Gasteiger partial charge in [-0.25, -0.2) is 9.59 Å². The Bertz CT molecular complexity index is 1640. The van der Waals surface area contributed by atoms with Crippen molar-refractivity contribution in [2.75, 3.05) is 26.9 Å². The van der Waals surface area contributed by atoms with Crippen LogP contribution in [0.5, 0.6) is 23.0 Å². The standard InChI is InChI=1S/C36H42N4O8/c1-6-12-27-17-25(18-30(46-8-3)34(27)48-21-24-13-10-9-11-14-24)20-37-40-31(41)22-47-28-16-15-26(19-29(28)45-7-2)33-32(35(42)44-5)23(4)38-36(43)39-33/h6,9-11,13-20,31,33,40-41H,1,7-8,12,21-22H2,2-5H3,(H2,38,39,43)/b37-20-/t31-,33-/m0/s1. The molecule has 1 aliphatic heterocycles. The molecule has 0 spiro atoms. The molecule has 2 amide bonds. The Labute approximate surface area is 280 Å². The number of rotatable bonds is 17. The molecule has 1 aliphatic rings. The zero-order chi connectivity index (χ0) is 34.5. The summed E-state index contributed by atoms with van der Waals surface area (Å²) in [6, 6.07) is 17.5. The van der Waals surface area contributed by atoms with Crippen molar-refractivity contribution in [1.29, 1.82) is 0 Å². The Morgan fingerprint density at radius 2 is 1.77 bits per heavy atom. The van der Waals surface area contributed by atoms with Gasteiger partial charge in [-0.05, 0) is 68.1 Å². The first-order chi connectivity index (χ1) is 23.3. The second-order valence-electron chi connectivity index (χ2n) is 10.6. The van der Waals surface area contributed by atoms with Crippen LogP contribution in [0.3, 0.4) is 0 Å². The quantitative estimate of drug-likeness (QED) is 0.0522. The van der Waals surface area contributed by atoms with E-state index in [1.807, 2.05) is 56.3 Å². The normalized spacial score (nSPS) is 14.9. The van der Waals surface area contributed by atoms with E-state index in [1.54, 1.807) is 37.4 Å². The highest BCUT2D eigenvalue weighted by molar-refractivity contribution is 5.95. The van der Waals surface area contributed by atoms with Crippen LogP contribution >= 0.6 is 0 Å². The number of urea groups is 1. The molecule has 48 heavy (non-hydrogen) atoms. The molecule has 0 aromatic heterocycles. The zero-order valence-electron chi connectivity index (χ0n) is 27.6. The first kappa shape index (κ1) is 35.4. The van der Waals surface area contributed by atoms with E-state index >= 15 is 0 Å². The van der Waals surface area contributed by atoms with Gasteiger partial charge in [-0.1, -0.05) is 42.5 Å². The molecular weight excluding hydrogens is 616 g/mol. The van der Waals surface area contributed by atoms with Gasteiger partial charge in [0.2, 0.25) is 0 Å². The minimum absolute atomic E-state index is 0.161. The van der Waals surface area contributed by atoms with Gasteiger partial charge in [0.15, 0.2) is 29.2 Å². The van der Waals surface area contributed by atoms with Crippen molar-refractivity contribution in [2.45, 2.75) is 46.1 Å². The number of hydrazone groups is 1. The number of nitrogens with zero attached hydrogens (tertiary/aromatic N) is 1. The number of aliphatic hydroxyl groups is 1. The second kappa shape index (κ2) is 17.4. The van der Waals surface area contributed by atoms with Crippen LogP contribution in [0.4, 0.5) is 4.79 Å². The highest BCUT2D eigenvalue weighted by atomic mass is 16.5. The SMILES string of the molecule is C=CCc1cc(/C=N\N[C@@H](O)COc2ccc([C@@H]3NC(=O)NC(C)=C3C(=O)OC)cc2OCC)cc(OCC)c1OCc1ccccc1. The summed E-state index contributed by atoms with van der Waals surface area (Å²) in [5.74, 6) is 1.38. The van der Waals surface area contributed by atoms with Gasteiger partial charge in [-0.15, -0.1) is 6.58 Å². The van der Waals surface area contributed by atoms with Gasteiger partial charge < -0.3 is 39.4 Å². The lowest BCUT2D eigenvalue weighted by atomic mass is 9.95. The summed E-state index contributed by atoms with van der Waals surface area (Å²) in [6.07, 6.45) is 2.76. The maximum absolute atomic E-state index is 12.5. The molecule has 12 nitrogen and oxygen atoms in total. The van der Waals surface area contributed by atoms with Crippen molar-refractivity contribution in [3.05, 3.63) is 107 Å². The number of methoxy groups -OCH3 is 1. The number of carbonyl (C=O) groups is 2. The summed E-state index contributed by atoms with van der Waals surface area (Å²) in [6.45, 7) is 10.2. The fourth-order valence-electron chi connectivity index (χ4n) is 5.04. The predicted octanol–water partition coefficient (Wildman–Crippen LogP) is 4.91. The van der Waals surface area contributed by atoms with E-state index < -0.39 is 24.3 Å². The first-order valence-corrected chi connectivity index (χ1v) is 15.6. The molecule has 0 radical (unpaired) electrons. The lowest BCUT2D eigenvalue weighted by Crippen LogP contribution is -2.45. The number of esters is 1. The van der Waals surface area contributed by atoms with E-state index in [2.05, 4.69) is 27.7 Å². The molecular formula is C36H42N4O8. The van der Waals surface area contributed by atoms with Gasteiger partial charge in [0, 0.05) is 11.3 Å². The molecule has 3 aromatic rings. The summed E-state index contributed by atoms with van der Waals surface area (Å²) >= 11 is 0. The van der Waals surface area contributed by atoms with Crippen molar-refractivity contribution in [2.24, 2.45) is 5.10 Å². The molecule has 0 fully saturated rings. The molecule has 0 bridgehead atoms. The van der Waals surface area contributed by atoms with Gasteiger partial charge in [0.1, 0.15) is 13.2 Å². The number of hydrogen-bond acceptors (Lipinski definition) is 10. The summed E-state index contributed by atoms with van der Waals surface area (Å²) in [4.78, 5) is 24.7. The molecule has 12 heteroatoms. The third kappa shape index (κ3) is 9.29. The summed E-state index contributed by atoms with van der Waals surface area (Å²) in [5, 5.41) is 20.1. The van der Waals surface area contributed by atoms with Crippen molar-refractivity contribution in [3.63, 3.8) is 0 Å². The number of benzene rings is 3. The summed E-state index contributed by atoms with van der Waals surface area (Å²) in [7, 11) is 1.28. The van der Waals surface area contributed by atoms with Crippen LogP contribution in [-0.4, -0.2) is 56.5 Å². The van der Waals surface area contributed by atoms with Crippen molar-refractivity contribution >= 4 is 18.2 Å². The van der Waals surface area contributed by atoms with Crippen molar-refractivity contribution in [1.82, 2.24) is 16.1 Å². The summed E-state index contributed by atoms with van der Waals surface area (Å²) in [5.41, 5.74) is 6.57. The minimum atomic E-state index is -1.16. The lowest BCUT2D eigenvalue weighted by molar-refractivity contribution is -0.136. The Morgan fingerprint density at radius 3 is 2.48 bits per heavy atom. The van der Waals surface area contributed by atoms with E-state index in [0.717, 1.165) is 16.7 Å². The first-order valence-electron chi connectivity index (χ1n) is 15.6. The number of ether oxygens (including phenoxy) is 5. The van der Waals surface area contributed by atoms with Crippen LogP contribution < -0.4 is 35.0 Å². The van der Waals surface area contributed by atoms with Crippen molar-refractivity contribution < 1.29 is 38.4 Å². The van der Waals surface area contributed by atoms with E-state index in [1.165, 1.54) is 7.11 Å². The molecule has 1 heterocycles. The number of nitrogens with one attached hydrogen (secondary N) is 3. The van der Waals surface area contributed by atoms with E-state index in [-0.39, 0.29) is 12.2 Å². The van der Waals surface area contributed by atoms with Gasteiger partial charge >= 0.3 is 12.0 Å². The smallest absolute Gasteiger partial charge is 0.337 e.